The highest BCUT2D eigenvalue weighted by molar-refractivity contribution is 7.91. The van der Waals surface area contributed by atoms with Crippen LogP contribution in [0.25, 0.3) is 11.3 Å². The van der Waals surface area contributed by atoms with E-state index in [1.54, 1.807) is 13.8 Å². The summed E-state index contributed by atoms with van der Waals surface area (Å²) in [6.45, 7) is 7.21. The van der Waals surface area contributed by atoms with Crippen LogP contribution in [0.5, 0.6) is 0 Å². The van der Waals surface area contributed by atoms with Crippen molar-refractivity contribution in [2.75, 3.05) is 16.8 Å². The molecule has 2 rings (SSSR count). The van der Waals surface area contributed by atoms with Crippen molar-refractivity contribution >= 4 is 27.3 Å². The van der Waals surface area contributed by atoms with Crippen LogP contribution in [0.4, 0.5) is 11.5 Å². The lowest BCUT2D eigenvalue weighted by atomic mass is 10.1. The molecule has 0 amide bonds. The molecule has 0 fully saturated rings. The molecule has 1 aromatic carbocycles. The van der Waals surface area contributed by atoms with Crippen LogP contribution in [0, 0.1) is 5.92 Å². The molecule has 0 atom stereocenters. The van der Waals surface area contributed by atoms with Crippen LogP contribution < -0.4 is 16.6 Å². The third kappa shape index (κ3) is 5.80. The number of nitrogens with zero attached hydrogens (tertiary/aromatic N) is 1. The molecule has 0 aliphatic carbocycles. The van der Waals surface area contributed by atoms with Gasteiger partial charge in [0.1, 0.15) is 0 Å². The van der Waals surface area contributed by atoms with Crippen LogP contribution >= 0.6 is 0 Å². The van der Waals surface area contributed by atoms with Crippen molar-refractivity contribution in [2.45, 2.75) is 45.1 Å². The molecule has 29 heavy (non-hydrogen) atoms. The van der Waals surface area contributed by atoms with E-state index in [-0.39, 0.29) is 51.1 Å². The number of nitrogens with one attached hydrogen (secondary N) is 2. The minimum Gasteiger partial charge on any atom is -0.481 e. The first-order valence-corrected chi connectivity index (χ1v) is 10.8. The SMILES string of the molecule is CC(C)CS(=O)(=O)c1cc(N)cc(-c2[nH]c(=O)c(NC(C)C)nc2CC(=O)O)c1. The Kier molecular flexibility index (Phi) is 6.68. The molecule has 2 aromatic rings. The highest BCUT2D eigenvalue weighted by atomic mass is 32.2. The molecule has 158 valence electrons. The summed E-state index contributed by atoms with van der Waals surface area (Å²) in [6, 6.07) is 4.11. The number of rotatable bonds is 8. The number of hydrogen-bond donors (Lipinski definition) is 4. The van der Waals surface area contributed by atoms with Gasteiger partial charge in [-0.2, -0.15) is 0 Å². The zero-order valence-electron chi connectivity index (χ0n) is 16.8. The van der Waals surface area contributed by atoms with Gasteiger partial charge in [-0.3, -0.25) is 9.59 Å². The second-order valence-corrected chi connectivity index (χ2v) is 9.61. The van der Waals surface area contributed by atoms with Crippen molar-refractivity contribution in [1.82, 2.24) is 9.97 Å². The van der Waals surface area contributed by atoms with Crippen LogP contribution in [0.3, 0.4) is 0 Å². The third-order valence-electron chi connectivity index (χ3n) is 3.86. The van der Waals surface area contributed by atoms with Gasteiger partial charge in [0.2, 0.25) is 0 Å². The third-order valence-corrected chi connectivity index (χ3v) is 5.92. The van der Waals surface area contributed by atoms with Gasteiger partial charge in [-0.25, -0.2) is 13.4 Å². The number of carboxylic acids is 1. The van der Waals surface area contributed by atoms with E-state index in [0.29, 0.717) is 0 Å². The number of aromatic nitrogens is 2. The summed E-state index contributed by atoms with van der Waals surface area (Å²) in [7, 11) is -3.60. The molecule has 0 radical (unpaired) electrons. The lowest BCUT2D eigenvalue weighted by Gasteiger charge is -2.14. The molecule has 0 aliphatic rings. The smallest absolute Gasteiger partial charge is 0.309 e. The average molecular weight is 423 g/mol. The maximum absolute atomic E-state index is 12.6. The van der Waals surface area contributed by atoms with Crippen LogP contribution in [-0.4, -0.2) is 41.3 Å². The molecule has 0 unspecified atom stereocenters. The molecule has 10 heteroatoms. The number of sulfone groups is 1. The first kappa shape index (κ1) is 22.4. The summed E-state index contributed by atoms with van der Waals surface area (Å²) < 4.78 is 25.3. The molecule has 1 heterocycles. The van der Waals surface area contributed by atoms with Crippen LogP contribution in [0.2, 0.25) is 0 Å². The number of carboxylic acid groups (broad SMARTS) is 1. The molecule has 0 bridgehead atoms. The number of nitrogen functional groups attached to an aromatic ring is 1. The fourth-order valence-electron chi connectivity index (χ4n) is 2.85. The van der Waals surface area contributed by atoms with Gasteiger partial charge in [-0.05, 0) is 38.0 Å². The van der Waals surface area contributed by atoms with Gasteiger partial charge in [-0.15, -0.1) is 0 Å². The van der Waals surface area contributed by atoms with E-state index in [0.717, 1.165) is 0 Å². The lowest BCUT2D eigenvalue weighted by Crippen LogP contribution is -2.23. The topological polar surface area (TPSA) is 155 Å². The molecule has 0 saturated heterocycles. The normalized spacial score (nSPS) is 11.8. The summed E-state index contributed by atoms with van der Waals surface area (Å²) in [5.41, 5.74) is 6.04. The van der Waals surface area contributed by atoms with E-state index in [1.807, 2.05) is 13.8 Å². The second-order valence-electron chi connectivity index (χ2n) is 7.57. The Morgan fingerprint density at radius 3 is 2.45 bits per heavy atom. The van der Waals surface area contributed by atoms with Crippen LogP contribution in [0.15, 0.2) is 27.9 Å². The second kappa shape index (κ2) is 8.64. The molecular formula is C19H26N4O5S. The summed E-state index contributed by atoms with van der Waals surface area (Å²) in [5.74, 6) is -1.30. The van der Waals surface area contributed by atoms with E-state index in [9.17, 15) is 23.1 Å². The molecule has 5 N–H and O–H groups in total. The van der Waals surface area contributed by atoms with Gasteiger partial charge in [0.15, 0.2) is 15.7 Å². The van der Waals surface area contributed by atoms with Gasteiger partial charge >= 0.3 is 5.97 Å². The Hall–Kier alpha value is -2.88. The predicted octanol–water partition coefficient (Wildman–Crippen LogP) is 1.90. The number of hydrogen-bond acceptors (Lipinski definition) is 7. The van der Waals surface area contributed by atoms with Gasteiger partial charge in [0, 0.05) is 17.3 Å². The molecule has 9 nitrogen and oxygen atoms in total. The molecule has 0 aliphatic heterocycles. The maximum atomic E-state index is 12.6. The quantitative estimate of drug-likeness (QED) is 0.470. The highest BCUT2D eigenvalue weighted by Crippen LogP contribution is 2.28. The number of H-pyrrole nitrogens is 1. The molecule has 1 aromatic heterocycles. The zero-order valence-corrected chi connectivity index (χ0v) is 17.6. The number of anilines is 2. The van der Waals surface area contributed by atoms with E-state index < -0.39 is 27.8 Å². The minimum absolute atomic E-state index is 0.00319. The summed E-state index contributed by atoms with van der Waals surface area (Å²) in [5, 5.41) is 12.1. The number of benzene rings is 1. The summed E-state index contributed by atoms with van der Waals surface area (Å²) in [4.78, 5) is 30.5. The lowest BCUT2D eigenvalue weighted by molar-refractivity contribution is -0.136. The largest absolute Gasteiger partial charge is 0.481 e. The summed E-state index contributed by atoms with van der Waals surface area (Å²) in [6.07, 6.45) is -0.457. The Morgan fingerprint density at radius 2 is 1.90 bits per heavy atom. The van der Waals surface area contributed by atoms with Gasteiger partial charge < -0.3 is 21.1 Å². The predicted molar refractivity (Wildman–Crippen MR) is 112 cm³/mol. The molecule has 0 spiro atoms. The van der Waals surface area contributed by atoms with Crippen molar-refractivity contribution in [1.29, 1.82) is 0 Å². The monoisotopic (exact) mass is 422 g/mol. The van der Waals surface area contributed by atoms with Gasteiger partial charge in [-0.1, -0.05) is 13.8 Å². The van der Waals surface area contributed by atoms with Gasteiger partial charge in [0.05, 0.1) is 28.5 Å². The fourth-order valence-corrected chi connectivity index (χ4v) is 4.54. The highest BCUT2D eigenvalue weighted by Gasteiger charge is 2.21. The summed E-state index contributed by atoms with van der Waals surface area (Å²) >= 11 is 0. The first-order chi connectivity index (χ1) is 13.4. The zero-order chi connectivity index (χ0) is 21.9. The van der Waals surface area contributed by atoms with Crippen LogP contribution in [0.1, 0.15) is 33.4 Å². The van der Waals surface area contributed by atoms with Crippen molar-refractivity contribution in [3.8, 4) is 11.3 Å². The molecular weight excluding hydrogens is 396 g/mol. The van der Waals surface area contributed by atoms with Crippen molar-refractivity contribution in [3.05, 3.63) is 34.2 Å². The van der Waals surface area contributed by atoms with E-state index >= 15 is 0 Å². The Balaban J connectivity index is 2.68. The van der Waals surface area contributed by atoms with Crippen molar-refractivity contribution in [2.24, 2.45) is 5.92 Å². The van der Waals surface area contributed by atoms with Crippen molar-refractivity contribution in [3.63, 3.8) is 0 Å². The number of nitrogens with two attached hydrogens (primary N) is 1. The van der Waals surface area contributed by atoms with E-state index in [2.05, 4.69) is 15.3 Å². The molecule has 0 saturated carbocycles. The van der Waals surface area contributed by atoms with E-state index in [4.69, 9.17) is 5.73 Å². The number of aromatic amines is 1. The number of carbonyl (C=O) groups is 1. The standard InChI is InChI=1S/C19H26N4O5S/c1-10(2)9-29(27,28)14-6-12(5-13(20)7-14)17-15(8-16(24)25)22-18(19(26)23-17)21-11(3)4/h5-7,10-11H,8-9,20H2,1-4H3,(H,21,22)(H,23,26)(H,24,25). The number of aliphatic carboxylic acids is 1. The minimum atomic E-state index is -3.60. The van der Waals surface area contributed by atoms with Crippen molar-refractivity contribution < 1.29 is 18.3 Å². The first-order valence-electron chi connectivity index (χ1n) is 9.14. The van der Waals surface area contributed by atoms with E-state index in [1.165, 1.54) is 18.2 Å². The Morgan fingerprint density at radius 1 is 1.24 bits per heavy atom. The Bertz CT molecular complexity index is 1070. The Labute approximate surface area is 169 Å². The van der Waals surface area contributed by atoms with Gasteiger partial charge in [0.25, 0.3) is 5.56 Å². The fraction of sp³-hybridized carbons (Fsp3) is 0.421. The average Bonchev–Trinajstić information content (AvgIpc) is 2.55. The maximum Gasteiger partial charge on any atom is 0.309 e. The van der Waals surface area contributed by atoms with Crippen LogP contribution in [-0.2, 0) is 21.1 Å².